The predicted molar refractivity (Wildman–Crippen MR) is 90.8 cm³/mol. The van der Waals surface area contributed by atoms with E-state index >= 15 is 0 Å². The van der Waals surface area contributed by atoms with Crippen LogP contribution >= 0.6 is 8.25 Å². The second-order valence-corrected chi connectivity index (χ2v) is 5.91. The van der Waals surface area contributed by atoms with E-state index in [0.29, 0.717) is 0 Å². The minimum absolute atomic E-state index is 1.26. The number of rotatable bonds is 10. The Kier molecular flexibility index (Phi) is 15.3. The Morgan fingerprint density at radius 1 is 0.810 bits per heavy atom. The molecule has 0 atom stereocenters. The summed E-state index contributed by atoms with van der Waals surface area (Å²) < 4.78 is 8.74. The van der Waals surface area contributed by atoms with E-state index in [4.69, 9.17) is 14.4 Å². The van der Waals surface area contributed by atoms with E-state index in [2.05, 4.69) is 37.3 Å². The highest BCUT2D eigenvalue weighted by molar-refractivity contribution is 7.30. The molecule has 1 rings (SSSR count). The molecule has 0 fully saturated rings. The highest BCUT2D eigenvalue weighted by atomic mass is 31.1. The van der Waals surface area contributed by atoms with Crippen LogP contribution in [-0.2, 0) is 11.0 Å². The average molecular weight is 314 g/mol. The fourth-order valence-corrected chi connectivity index (χ4v) is 2.28. The van der Waals surface area contributed by atoms with Gasteiger partial charge in [0, 0.05) is 0 Å². The molecule has 0 aliphatic rings. The smallest absolute Gasteiger partial charge is 0.314 e. The Morgan fingerprint density at radius 3 is 1.71 bits per heavy atom. The molecule has 0 heterocycles. The zero-order chi connectivity index (χ0) is 15.8. The van der Waals surface area contributed by atoms with Gasteiger partial charge in [-0.2, -0.15) is 0 Å². The first-order chi connectivity index (χ1) is 10.2. The van der Waals surface area contributed by atoms with Crippen LogP contribution in [-0.4, -0.2) is 9.79 Å². The molecule has 4 heteroatoms. The molecule has 0 saturated carbocycles. The van der Waals surface area contributed by atoms with E-state index < -0.39 is 8.25 Å². The largest absolute Gasteiger partial charge is 0.326 e. The molecular weight excluding hydrogens is 283 g/mol. The minimum Gasteiger partial charge on any atom is -0.326 e. The Labute approximate surface area is 130 Å². The maximum atomic E-state index is 8.74. The molecule has 0 saturated heterocycles. The second kappa shape index (κ2) is 15.8. The standard InChI is InChI=1S/C17H28.H3O3P/c1-2-3-4-5-6-7-8-9-11-14-17-15-12-10-13-16-17;1-4(2)3/h10,12-13,15-16H,2-9,11,14H2,1H3;4H,(H2,1,2,3). The van der Waals surface area contributed by atoms with Gasteiger partial charge < -0.3 is 9.79 Å². The van der Waals surface area contributed by atoms with Crippen LogP contribution in [0.2, 0.25) is 0 Å². The number of aryl methyl sites for hydroxylation is 1. The quantitative estimate of drug-likeness (QED) is 0.465. The van der Waals surface area contributed by atoms with Gasteiger partial charge in [-0.3, -0.25) is 4.57 Å². The van der Waals surface area contributed by atoms with Crippen molar-refractivity contribution in [2.75, 3.05) is 0 Å². The topological polar surface area (TPSA) is 57.5 Å². The van der Waals surface area contributed by atoms with Crippen molar-refractivity contribution in [2.45, 2.75) is 71.1 Å². The van der Waals surface area contributed by atoms with E-state index in [1.807, 2.05) is 0 Å². The van der Waals surface area contributed by atoms with E-state index in [0.717, 1.165) is 0 Å². The molecule has 1 aromatic carbocycles. The predicted octanol–water partition coefficient (Wildman–Crippen LogP) is 5.12. The Hall–Kier alpha value is -0.630. The third-order valence-corrected chi connectivity index (χ3v) is 3.41. The first-order valence-corrected chi connectivity index (χ1v) is 9.43. The van der Waals surface area contributed by atoms with Gasteiger partial charge in [0.05, 0.1) is 0 Å². The molecule has 0 spiro atoms. The van der Waals surface area contributed by atoms with Crippen molar-refractivity contribution in [1.29, 1.82) is 0 Å². The Morgan fingerprint density at radius 2 is 1.24 bits per heavy atom. The molecule has 0 aliphatic heterocycles. The van der Waals surface area contributed by atoms with E-state index in [1.165, 1.54) is 69.8 Å². The summed E-state index contributed by atoms with van der Waals surface area (Å²) in [6, 6.07) is 10.9. The molecule has 21 heavy (non-hydrogen) atoms. The van der Waals surface area contributed by atoms with Crippen LogP contribution in [0.4, 0.5) is 0 Å². The highest BCUT2D eigenvalue weighted by Gasteiger charge is 1.93. The van der Waals surface area contributed by atoms with Crippen molar-refractivity contribution < 1.29 is 14.4 Å². The summed E-state index contributed by atoms with van der Waals surface area (Å²) in [5.74, 6) is 0. The van der Waals surface area contributed by atoms with Crippen LogP contribution in [0.3, 0.4) is 0 Å². The summed E-state index contributed by atoms with van der Waals surface area (Å²) in [4.78, 5) is 14.3. The normalized spacial score (nSPS) is 10.3. The van der Waals surface area contributed by atoms with Crippen LogP contribution in [0.1, 0.15) is 70.3 Å². The van der Waals surface area contributed by atoms with Gasteiger partial charge in [0.25, 0.3) is 0 Å². The van der Waals surface area contributed by atoms with E-state index in [1.54, 1.807) is 0 Å². The van der Waals surface area contributed by atoms with Gasteiger partial charge in [-0.25, -0.2) is 0 Å². The highest BCUT2D eigenvalue weighted by Crippen LogP contribution is 2.11. The fourth-order valence-electron chi connectivity index (χ4n) is 2.28. The van der Waals surface area contributed by atoms with Crippen molar-refractivity contribution in [2.24, 2.45) is 0 Å². The van der Waals surface area contributed by atoms with Gasteiger partial charge in [0.1, 0.15) is 0 Å². The van der Waals surface area contributed by atoms with E-state index in [-0.39, 0.29) is 0 Å². The fraction of sp³-hybridized carbons (Fsp3) is 0.647. The lowest BCUT2D eigenvalue weighted by atomic mass is 10.0. The van der Waals surface area contributed by atoms with Gasteiger partial charge >= 0.3 is 8.25 Å². The molecule has 2 N–H and O–H groups in total. The number of benzene rings is 1. The molecule has 3 nitrogen and oxygen atoms in total. The van der Waals surface area contributed by atoms with Crippen LogP contribution in [0.15, 0.2) is 30.3 Å². The number of hydrogen-bond acceptors (Lipinski definition) is 1. The lowest BCUT2D eigenvalue weighted by Gasteiger charge is -2.02. The zero-order valence-electron chi connectivity index (χ0n) is 13.3. The van der Waals surface area contributed by atoms with Gasteiger partial charge in [-0.1, -0.05) is 88.6 Å². The first-order valence-electron chi connectivity index (χ1n) is 8.12. The zero-order valence-corrected chi connectivity index (χ0v) is 14.3. The molecule has 0 radical (unpaired) electrons. The third kappa shape index (κ3) is 17.3. The maximum Gasteiger partial charge on any atom is 0.314 e. The Balaban J connectivity index is 0.000000885. The summed E-state index contributed by atoms with van der Waals surface area (Å²) in [6.45, 7) is 2.28. The van der Waals surface area contributed by atoms with Crippen molar-refractivity contribution in [3.8, 4) is 0 Å². The maximum absolute atomic E-state index is 8.74. The summed E-state index contributed by atoms with van der Waals surface area (Å²) in [5, 5.41) is 0. The summed E-state index contributed by atoms with van der Waals surface area (Å²) in [6.07, 6.45) is 14.0. The average Bonchev–Trinajstić information content (AvgIpc) is 2.46. The molecule has 0 amide bonds. The molecule has 0 aliphatic carbocycles. The van der Waals surface area contributed by atoms with Crippen molar-refractivity contribution >= 4 is 8.25 Å². The van der Waals surface area contributed by atoms with Gasteiger partial charge in [-0.15, -0.1) is 0 Å². The molecule has 0 bridgehead atoms. The van der Waals surface area contributed by atoms with Gasteiger partial charge in [0.2, 0.25) is 0 Å². The number of hydrogen-bond donors (Lipinski definition) is 2. The lowest BCUT2D eigenvalue weighted by Crippen LogP contribution is -1.86. The summed E-state index contributed by atoms with van der Waals surface area (Å²) in [5.41, 5.74) is 1.50. The molecule has 0 unspecified atom stereocenters. The molecule has 122 valence electrons. The Bertz CT molecular complexity index is 337. The van der Waals surface area contributed by atoms with Crippen LogP contribution < -0.4 is 0 Å². The molecular formula is C17H31O3P. The van der Waals surface area contributed by atoms with Crippen molar-refractivity contribution in [1.82, 2.24) is 0 Å². The lowest BCUT2D eigenvalue weighted by molar-refractivity contribution is 0.405. The molecule has 0 aromatic heterocycles. The monoisotopic (exact) mass is 314 g/mol. The minimum atomic E-state index is -3.13. The summed E-state index contributed by atoms with van der Waals surface area (Å²) in [7, 11) is -3.13. The van der Waals surface area contributed by atoms with Crippen LogP contribution in [0.5, 0.6) is 0 Å². The van der Waals surface area contributed by atoms with Gasteiger partial charge in [0.15, 0.2) is 0 Å². The second-order valence-electron chi connectivity index (χ2n) is 5.35. The number of unbranched alkanes of at least 4 members (excludes halogenated alkanes) is 8. The van der Waals surface area contributed by atoms with Gasteiger partial charge in [-0.05, 0) is 18.4 Å². The van der Waals surface area contributed by atoms with Crippen LogP contribution in [0.25, 0.3) is 0 Å². The molecule has 1 aromatic rings. The first kappa shape index (κ1) is 20.4. The van der Waals surface area contributed by atoms with Crippen LogP contribution in [0, 0.1) is 0 Å². The third-order valence-electron chi connectivity index (χ3n) is 3.41. The van der Waals surface area contributed by atoms with Crippen molar-refractivity contribution in [3.05, 3.63) is 35.9 Å². The SMILES string of the molecule is CCCCCCCCCCCc1ccccc1.O=[PH](O)O. The van der Waals surface area contributed by atoms with Crippen molar-refractivity contribution in [3.63, 3.8) is 0 Å². The van der Waals surface area contributed by atoms with E-state index in [9.17, 15) is 0 Å². The summed E-state index contributed by atoms with van der Waals surface area (Å²) >= 11 is 0.